The van der Waals surface area contributed by atoms with Crippen LogP contribution in [0.5, 0.6) is 0 Å². The van der Waals surface area contributed by atoms with Gasteiger partial charge in [0.05, 0.1) is 18.2 Å². The molecule has 0 saturated carbocycles. The van der Waals surface area contributed by atoms with Crippen molar-refractivity contribution in [2.75, 3.05) is 0 Å². The molecule has 1 heterocycles. The second-order valence-corrected chi connectivity index (χ2v) is 6.58. The maximum Gasteiger partial charge on any atom is 0.305 e. The number of aryl methyl sites for hydroxylation is 2. The highest BCUT2D eigenvalue weighted by Gasteiger charge is 2.22. The number of amides is 1. The Morgan fingerprint density at radius 2 is 1.79 bits per heavy atom. The number of aromatic nitrogens is 2. The first-order valence-electron chi connectivity index (χ1n) is 9.21. The Bertz CT molecular complexity index is 980. The molecular weight excluding hydrogens is 354 g/mol. The zero-order valence-corrected chi connectivity index (χ0v) is 15.9. The van der Waals surface area contributed by atoms with Crippen LogP contribution in [0.15, 0.2) is 60.7 Å². The smallest absolute Gasteiger partial charge is 0.305 e. The topological polar surface area (TPSA) is 84.2 Å². The number of aliphatic carboxylic acids is 1. The molecule has 28 heavy (non-hydrogen) atoms. The molecule has 1 amide bonds. The predicted molar refractivity (Wildman–Crippen MR) is 107 cm³/mol. The van der Waals surface area contributed by atoms with Crippen molar-refractivity contribution in [3.63, 3.8) is 0 Å². The fraction of sp³-hybridized carbons (Fsp3) is 0.227. The first-order chi connectivity index (χ1) is 13.5. The molecule has 0 bridgehead atoms. The number of benzene rings is 2. The first-order valence-corrected chi connectivity index (χ1v) is 9.21. The zero-order valence-electron chi connectivity index (χ0n) is 15.9. The van der Waals surface area contributed by atoms with Crippen LogP contribution >= 0.6 is 0 Å². The highest BCUT2D eigenvalue weighted by Crippen LogP contribution is 2.23. The number of carboxylic acids is 1. The van der Waals surface area contributed by atoms with Gasteiger partial charge in [-0.3, -0.25) is 14.3 Å². The summed E-state index contributed by atoms with van der Waals surface area (Å²) in [7, 11) is 0. The van der Waals surface area contributed by atoms with Gasteiger partial charge in [-0.2, -0.15) is 5.10 Å². The lowest BCUT2D eigenvalue weighted by molar-refractivity contribution is -0.137. The summed E-state index contributed by atoms with van der Waals surface area (Å²) in [5, 5.41) is 16.5. The minimum absolute atomic E-state index is 0.198. The molecule has 0 fully saturated rings. The second kappa shape index (κ2) is 8.52. The summed E-state index contributed by atoms with van der Waals surface area (Å²) in [4.78, 5) is 24.2. The molecule has 0 radical (unpaired) electrons. The molecule has 1 unspecified atom stereocenters. The van der Waals surface area contributed by atoms with E-state index in [1.54, 1.807) is 10.7 Å². The van der Waals surface area contributed by atoms with Gasteiger partial charge in [0.1, 0.15) is 0 Å². The molecule has 2 aromatic carbocycles. The van der Waals surface area contributed by atoms with E-state index in [1.807, 2.05) is 68.4 Å². The van der Waals surface area contributed by atoms with E-state index in [2.05, 4.69) is 10.4 Å². The van der Waals surface area contributed by atoms with Gasteiger partial charge in [0.15, 0.2) is 5.69 Å². The van der Waals surface area contributed by atoms with Crippen molar-refractivity contribution in [2.24, 2.45) is 0 Å². The Labute approximate surface area is 163 Å². The lowest BCUT2D eigenvalue weighted by atomic mass is 9.98. The van der Waals surface area contributed by atoms with Crippen molar-refractivity contribution in [1.82, 2.24) is 15.1 Å². The summed E-state index contributed by atoms with van der Waals surface area (Å²) in [6.07, 6.45) is -0.198. The Balaban J connectivity index is 1.89. The van der Waals surface area contributed by atoms with Crippen molar-refractivity contribution in [2.45, 2.75) is 32.9 Å². The molecule has 0 spiro atoms. The van der Waals surface area contributed by atoms with Crippen molar-refractivity contribution in [3.05, 3.63) is 77.5 Å². The van der Waals surface area contributed by atoms with Crippen LogP contribution in [-0.2, 0) is 11.3 Å². The van der Waals surface area contributed by atoms with Gasteiger partial charge in [0, 0.05) is 6.54 Å². The third kappa shape index (κ3) is 4.28. The molecule has 2 N–H and O–H groups in total. The Morgan fingerprint density at radius 3 is 2.43 bits per heavy atom. The number of carbonyl (C=O) groups excluding carboxylic acids is 1. The van der Waals surface area contributed by atoms with Crippen LogP contribution in [0, 0.1) is 6.92 Å². The molecule has 6 nitrogen and oxygen atoms in total. The molecule has 144 valence electrons. The molecule has 0 saturated heterocycles. The van der Waals surface area contributed by atoms with E-state index in [1.165, 1.54) is 0 Å². The van der Waals surface area contributed by atoms with E-state index in [0.29, 0.717) is 6.54 Å². The Kier molecular flexibility index (Phi) is 5.89. The lowest BCUT2D eigenvalue weighted by Gasteiger charge is -2.18. The van der Waals surface area contributed by atoms with Crippen LogP contribution in [-0.4, -0.2) is 26.8 Å². The third-order valence-corrected chi connectivity index (χ3v) is 4.63. The third-order valence-electron chi connectivity index (χ3n) is 4.63. The van der Waals surface area contributed by atoms with E-state index < -0.39 is 12.0 Å². The minimum Gasteiger partial charge on any atom is -0.481 e. The molecule has 1 atom stereocenters. The molecule has 1 aromatic heterocycles. The lowest BCUT2D eigenvalue weighted by Crippen LogP contribution is -2.31. The van der Waals surface area contributed by atoms with Gasteiger partial charge in [0.2, 0.25) is 0 Å². The standard InChI is InChI=1S/C22H23N3O3/c1-3-25-20(16-10-5-4-6-11-16)13-19(24-25)22(28)23-18(14-21(26)27)17-12-8-7-9-15(17)2/h4-13,18H,3,14H2,1-2H3,(H,23,28)(H,26,27). The van der Waals surface area contributed by atoms with E-state index >= 15 is 0 Å². The highest BCUT2D eigenvalue weighted by atomic mass is 16.4. The van der Waals surface area contributed by atoms with Crippen molar-refractivity contribution in [3.8, 4) is 11.3 Å². The summed E-state index contributed by atoms with van der Waals surface area (Å²) in [5.41, 5.74) is 3.80. The van der Waals surface area contributed by atoms with Gasteiger partial charge in [-0.15, -0.1) is 0 Å². The van der Waals surface area contributed by atoms with Crippen LogP contribution in [0.3, 0.4) is 0 Å². The van der Waals surface area contributed by atoms with Gasteiger partial charge in [0.25, 0.3) is 5.91 Å². The quantitative estimate of drug-likeness (QED) is 0.655. The highest BCUT2D eigenvalue weighted by molar-refractivity contribution is 5.94. The number of carbonyl (C=O) groups is 2. The van der Waals surface area contributed by atoms with Crippen molar-refractivity contribution < 1.29 is 14.7 Å². The van der Waals surface area contributed by atoms with E-state index in [4.69, 9.17) is 0 Å². The summed E-state index contributed by atoms with van der Waals surface area (Å²) in [6, 6.07) is 18.3. The van der Waals surface area contributed by atoms with Crippen LogP contribution in [0.1, 0.15) is 41.0 Å². The molecule has 3 aromatic rings. The van der Waals surface area contributed by atoms with Gasteiger partial charge >= 0.3 is 5.97 Å². The molecule has 0 aliphatic heterocycles. The molecule has 6 heteroatoms. The van der Waals surface area contributed by atoms with Gasteiger partial charge in [-0.25, -0.2) is 0 Å². The SMILES string of the molecule is CCn1nc(C(=O)NC(CC(=O)O)c2ccccc2C)cc1-c1ccccc1. The van der Waals surface area contributed by atoms with Crippen LogP contribution < -0.4 is 5.32 Å². The van der Waals surface area contributed by atoms with E-state index in [9.17, 15) is 14.7 Å². The van der Waals surface area contributed by atoms with Crippen molar-refractivity contribution >= 4 is 11.9 Å². The second-order valence-electron chi connectivity index (χ2n) is 6.58. The Morgan fingerprint density at radius 1 is 1.11 bits per heavy atom. The molecule has 0 aliphatic carbocycles. The van der Waals surface area contributed by atoms with E-state index in [0.717, 1.165) is 22.4 Å². The number of nitrogens with one attached hydrogen (secondary N) is 1. The summed E-state index contributed by atoms with van der Waals surface area (Å²) >= 11 is 0. The van der Waals surface area contributed by atoms with Crippen molar-refractivity contribution in [1.29, 1.82) is 0 Å². The summed E-state index contributed by atoms with van der Waals surface area (Å²) in [6.45, 7) is 4.48. The number of nitrogens with zero attached hydrogens (tertiary/aromatic N) is 2. The minimum atomic E-state index is -0.974. The number of carboxylic acid groups (broad SMARTS) is 1. The molecular formula is C22H23N3O3. The number of hydrogen-bond acceptors (Lipinski definition) is 3. The Hall–Kier alpha value is -3.41. The molecule has 0 aliphatic rings. The average molecular weight is 377 g/mol. The maximum absolute atomic E-state index is 12.9. The number of hydrogen-bond donors (Lipinski definition) is 2. The van der Waals surface area contributed by atoms with Crippen LogP contribution in [0.2, 0.25) is 0 Å². The fourth-order valence-electron chi connectivity index (χ4n) is 3.23. The largest absolute Gasteiger partial charge is 0.481 e. The number of rotatable bonds is 7. The first kappa shape index (κ1) is 19.4. The van der Waals surface area contributed by atoms with E-state index in [-0.39, 0.29) is 18.0 Å². The average Bonchev–Trinajstić information content (AvgIpc) is 3.13. The zero-order chi connectivity index (χ0) is 20.1. The van der Waals surface area contributed by atoms with Crippen LogP contribution in [0.4, 0.5) is 0 Å². The van der Waals surface area contributed by atoms with Gasteiger partial charge in [-0.05, 0) is 36.6 Å². The predicted octanol–water partition coefficient (Wildman–Crippen LogP) is 3.82. The summed E-state index contributed by atoms with van der Waals surface area (Å²) in [5.74, 6) is -1.36. The van der Waals surface area contributed by atoms with Gasteiger partial charge in [-0.1, -0.05) is 54.6 Å². The fourth-order valence-corrected chi connectivity index (χ4v) is 3.23. The van der Waals surface area contributed by atoms with Crippen LogP contribution in [0.25, 0.3) is 11.3 Å². The normalized spacial score (nSPS) is 11.8. The molecule has 3 rings (SSSR count). The summed E-state index contributed by atoms with van der Waals surface area (Å²) < 4.78 is 1.77. The van der Waals surface area contributed by atoms with Gasteiger partial charge < -0.3 is 10.4 Å². The maximum atomic E-state index is 12.9. The monoisotopic (exact) mass is 377 g/mol.